The monoisotopic (exact) mass is 283 g/mol. The van der Waals surface area contributed by atoms with Gasteiger partial charge in [0.2, 0.25) is 11.9 Å². The van der Waals surface area contributed by atoms with Gasteiger partial charge in [0.1, 0.15) is 0 Å². The highest BCUT2D eigenvalue weighted by Crippen LogP contribution is 2.10. The summed E-state index contributed by atoms with van der Waals surface area (Å²) in [4.78, 5) is 11.9. The number of nitrogens with one attached hydrogen (secondary N) is 1. The Balaban J connectivity index is 0.00000180. The molecule has 6 nitrogen and oxygen atoms in total. The van der Waals surface area contributed by atoms with Crippen LogP contribution in [0.2, 0.25) is 0 Å². The molecule has 2 aromatic rings. The number of halogens is 1. The van der Waals surface area contributed by atoms with Gasteiger partial charge in [0.25, 0.3) is 0 Å². The average Bonchev–Trinajstić information content (AvgIpc) is 2.80. The molecule has 0 spiro atoms. The van der Waals surface area contributed by atoms with Crippen LogP contribution >= 0.6 is 12.4 Å². The molecule has 0 fully saturated rings. The quantitative estimate of drug-likeness (QED) is 0.890. The summed E-state index contributed by atoms with van der Waals surface area (Å²) >= 11 is 0. The lowest BCUT2D eigenvalue weighted by molar-refractivity contribution is -0.118. The molecule has 0 saturated heterocycles. The number of amides is 1. The van der Waals surface area contributed by atoms with Gasteiger partial charge in [0.15, 0.2) is 5.65 Å². The smallest absolute Gasteiger partial charge is 0.243 e. The fraction of sp³-hybridized carbons (Fsp3) is 0.417. The Morgan fingerprint density at radius 2 is 2.21 bits per heavy atom. The highest BCUT2D eigenvalue weighted by molar-refractivity contribution is 5.93. The van der Waals surface area contributed by atoms with E-state index in [1.807, 2.05) is 32.0 Å². The molecule has 2 heterocycles. The first kappa shape index (κ1) is 15.4. The van der Waals surface area contributed by atoms with Gasteiger partial charge in [-0.2, -0.15) is 0 Å². The number of carbonyl (C=O) groups excluding carboxylic acids is 1. The molecule has 0 aliphatic carbocycles. The highest BCUT2D eigenvalue weighted by Gasteiger charge is 2.20. The molecule has 2 unspecified atom stereocenters. The molecular weight excluding hydrogens is 266 g/mol. The van der Waals surface area contributed by atoms with Crippen molar-refractivity contribution in [3.8, 4) is 0 Å². The van der Waals surface area contributed by atoms with E-state index in [-0.39, 0.29) is 24.2 Å². The summed E-state index contributed by atoms with van der Waals surface area (Å²) in [6.45, 7) is 3.95. The Kier molecular flexibility index (Phi) is 5.26. The van der Waals surface area contributed by atoms with E-state index in [0.717, 1.165) is 6.42 Å². The van der Waals surface area contributed by atoms with E-state index in [0.29, 0.717) is 11.6 Å². The second kappa shape index (κ2) is 6.49. The van der Waals surface area contributed by atoms with E-state index >= 15 is 0 Å². The molecule has 0 saturated carbocycles. The molecule has 0 radical (unpaired) electrons. The number of nitrogens with two attached hydrogens (primary N) is 1. The fourth-order valence-corrected chi connectivity index (χ4v) is 1.63. The molecule has 7 heteroatoms. The minimum Gasteiger partial charge on any atom is -0.320 e. The molecule has 0 bridgehead atoms. The van der Waals surface area contributed by atoms with Crippen molar-refractivity contribution in [3.63, 3.8) is 0 Å². The van der Waals surface area contributed by atoms with E-state index < -0.39 is 6.04 Å². The van der Waals surface area contributed by atoms with E-state index in [2.05, 4.69) is 15.5 Å². The van der Waals surface area contributed by atoms with Gasteiger partial charge in [-0.05, 0) is 18.1 Å². The molecule has 1 amide bonds. The summed E-state index contributed by atoms with van der Waals surface area (Å²) in [6.07, 6.45) is 2.65. The topological polar surface area (TPSA) is 85.3 Å². The van der Waals surface area contributed by atoms with Crippen LogP contribution in [0, 0.1) is 5.92 Å². The van der Waals surface area contributed by atoms with Crippen molar-refractivity contribution in [1.82, 2.24) is 14.6 Å². The van der Waals surface area contributed by atoms with Crippen molar-refractivity contribution < 1.29 is 4.79 Å². The second-order valence-corrected chi connectivity index (χ2v) is 4.35. The first-order chi connectivity index (χ1) is 8.63. The first-order valence-corrected chi connectivity index (χ1v) is 5.99. The predicted octanol–water partition coefficient (Wildman–Crippen LogP) is 1.46. The van der Waals surface area contributed by atoms with Gasteiger partial charge in [-0.25, -0.2) is 0 Å². The summed E-state index contributed by atoms with van der Waals surface area (Å²) in [5, 5.41) is 10.6. The molecule has 0 aliphatic rings. The van der Waals surface area contributed by atoms with Gasteiger partial charge in [0, 0.05) is 6.20 Å². The molecule has 2 rings (SSSR count). The van der Waals surface area contributed by atoms with Crippen molar-refractivity contribution in [2.24, 2.45) is 11.7 Å². The molecule has 104 valence electrons. The number of hydrogen-bond donors (Lipinski definition) is 2. The Bertz CT molecular complexity index is 556. The molecule has 0 aliphatic heterocycles. The van der Waals surface area contributed by atoms with Gasteiger partial charge in [0.05, 0.1) is 6.04 Å². The zero-order chi connectivity index (χ0) is 13.1. The maximum Gasteiger partial charge on any atom is 0.243 e. The third-order valence-electron chi connectivity index (χ3n) is 3.11. The molecule has 2 aromatic heterocycles. The number of nitrogens with zero attached hydrogens (tertiary/aromatic N) is 3. The van der Waals surface area contributed by atoms with Gasteiger partial charge in [-0.15, -0.1) is 22.6 Å². The van der Waals surface area contributed by atoms with Crippen LogP contribution in [-0.2, 0) is 4.79 Å². The molecule has 0 aromatic carbocycles. The van der Waals surface area contributed by atoms with E-state index in [4.69, 9.17) is 5.73 Å². The third-order valence-corrected chi connectivity index (χ3v) is 3.11. The lowest BCUT2D eigenvalue weighted by atomic mass is 10.00. The van der Waals surface area contributed by atoms with Gasteiger partial charge >= 0.3 is 0 Å². The number of aromatic nitrogens is 3. The van der Waals surface area contributed by atoms with Crippen LogP contribution in [0.15, 0.2) is 24.4 Å². The first-order valence-electron chi connectivity index (χ1n) is 5.99. The number of fused-ring (bicyclic) bond motifs is 1. The van der Waals surface area contributed by atoms with Crippen LogP contribution in [0.4, 0.5) is 5.95 Å². The standard InChI is InChI=1S/C12H17N5O.ClH/c1-3-8(2)10(13)11(18)14-12-16-15-9-6-4-5-7-17(9)12;/h4-8,10H,3,13H2,1-2H3,(H,14,16,18);1H. The fourth-order valence-electron chi connectivity index (χ4n) is 1.63. The van der Waals surface area contributed by atoms with Gasteiger partial charge in [-0.3, -0.25) is 14.5 Å². The van der Waals surface area contributed by atoms with Crippen LogP contribution in [0.25, 0.3) is 5.65 Å². The number of anilines is 1. The minimum absolute atomic E-state index is 0. The van der Waals surface area contributed by atoms with Crippen LogP contribution < -0.4 is 11.1 Å². The zero-order valence-corrected chi connectivity index (χ0v) is 11.7. The summed E-state index contributed by atoms with van der Waals surface area (Å²) < 4.78 is 1.71. The summed E-state index contributed by atoms with van der Waals surface area (Å²) in [7, 11) is 0. The van der Waals surface area contributed by atoms with Crippen LogP contribution in [0.1, 0.15) is 20.3 Å². The van der Waals surface area contributed by atoms with Crippen LogP contribution in [0.3, 0.4) is 0 Å². The Morgan fingerprint density at radius 3 is 2.89 bits per heavy atom. The third kappa shape index (κ3) is 3.21. The number of hydrogen-bond acceptors (Lipinski definition) is 4. The Hall–Kier alpha value is -1.66. The minimum atomic E-state index is -0.536. The van der Waals surface area contributed by atoms with Crippen molar-refractivity contribution in [2.75, 3.05) is 5.32 Å². The van der Waals surface area contributed by atoms with Crippen LogP contribution in [0.5, 0.6) is 0 Å². The van der Waals surface area contributed by atoms with Gasteiger partial charge in [-0.1, -0.05) is 26.3 Å². The van der Waals surface area contributed by atoms with Crippen molar-refractivity contribution in [2.45, 2.75) is 26.3 Å². The Morgan fingerprint density at radius 1 is 1.47 bits per heavy atom. The van der Waals surface area contributed by atoms with Crippen molar-refractivity contribution >= 4 is 29.9 Å². The van der Waals surface area contributed by atoms with E-state index in [9.17, 15) is 4.79 Å². The largest absolute Gasteiger partial charge is 0.320 e. The number of carbonyl (C=O) groups is 1. The van der Waals surface area contributed by atoms with Crippen molar-refractivity contribution in [1.29, 1.82) is 0 Å². The maximum atomic E-state index is 11.9. The summed E-state index contributed by atoms with van der Waals surface area (Å²) in [6, 6.07) is 4.99. The van der Waals surface area contributed by atoms with Crippen molar-refractivity contribution in [3.05, 3.63) is 24.4 Å². The predicted molar refractivity (Wildman–Crippen MR) is 76.3 cm³/mol. The molecule has 2 atom stereocenters. The van der Waals surface area contributed by atoms with Gasteiger partial charge < -0.3 is 5.73 Å². The molecule has 3 N–H and O–H groups in total. The lowest BCUT2D eigenvalue weighted by Gasteiger charge is -2.16. The zero-order valence-electron chi connectivity index (χ0n) is 10.9. The number of pyridine rings is 1. The molecular formula is C12H18ClN5O. The Labute approximate surface area is 117 Å². The van der Waals surface area contributed by atoms with E-state index in [1.165, 1.54) is 0 Å². The lowest BCUT2D eigenvalue weighted by Crippen LogP contribution is -2.41. The van der Waals surface area contributed by atoms with E-state index in [1.54, 1.807) is 10.6 Å². The average molecular weight is 284 g/mol. The normalized spacial score (nSPS) is 13.6. The maximum absolute atomic E-state index is 11.9. The molecule has 19 heavy (non-hydrogen) atoms. The second-order valence-electron chi connectivity index (χ2n) is 4.35. The number of rotatable bonds is 4. The summed E-state index contributed by atoms with van der Waals surface area (Å²) in [5.41, 5.74) is 6.55. The van der Waals surface area contributed by atoms with Crippen LogP contribution in [-0.4, -0.2) is 26.5 Å². The SMILES string of the molecule is CCC(C)C(N)C(=O)Nc1nnc2ccccn12.Cl. The highest BCUT2D eigenvalue weighted by atomic mass is 35.5. The summed E-state index contributed by atoms with van der Waals surface area (Å²) in [5.74, 6) is 0.293.